The number of hydrogen-bond donors (Lipinski definition) is 2. The number of benzene rings is 3. The molecule has 2 aliphatic heterocycles. The monoisotopic (exact) mass is 425 g/mol. The van der Waals surface area contributed by atoms with Gasteiger partial charge in [-0.15, -0.1) is 11.3 Å². The first-order valence-corrected chi connectivity index (χ1v) is 11.5. The Morgan fingerprint density at radius 3 is 2.61 bits per heavy atom. The van der Waals surface area contributed by atoms with Crippen LogP contribution in [0.2, 0.25) is 0 Å². The number of rotatable bonds is 3. The van der Waals surface area contributed by atoms with Gasteiger partial charge in [-0.05, 0) is 39.9 Å². The normalized spacial score (nSPS) is 18.2. The summed E-state index contributed by atoms with van der Waals surface area (Å²) in [5, 5.41) is 10.2. The Morgan fingerprint density at radius 1 is 0.935 bits per heavy atom. The highest BCUT2D eigenvalue weighted by atomic mass is 32.1. The lowest BCUT2D eigenvalue weighted by Crippen LogP contribution is -2.38. The lowest BCUT2D eigenvalue weighted by atomic mass is 9.99. The van der Waals surface area contributed by atoms with Crippen molar-refractivity contribution >= 4 is 33.0 Å². The SMILES string of the molecule is O=C1N[C@@H](c2ccc3ccccc3c2)Nc2sc3c(c21)CCN(Cc1ccccc1)C3. The number of thiophene rings is 1. The van der Waals surface area contributed by atoms with Crippen molar-refractivity contribution in [1.29, 1.82) is 0 Å². The zero-order chi connectivity index (χ0) is 20.8. The lowest BCUT2D eigenvalue weighted by Gasteiger charge is -2.28. The smallest absolute Gasteiger partial charge is 0.256 e. The van der Waals surface area contributed by atoms with Crippen LogP contribution in [0.1, 0.15) is 38.1 Å². The number of nitrogens with one attached hydrogen (secondary N) is 2. The zero-order valence-electron chi connectivity index (χ0n) is 17.1. The van der Waals surface area contributed by atoms with Crippen LogP contribution in [-0.4, -0.2) is 17.4 Å². The Balaban J connectivity index is 1.26. The molecule has 3 aromatic carbocycles. The Labute approximate surface area is 185 Å². The summed E-state index contributed by atoms with van der Waals surface area (Å²) in [6, 6.07) is 25.3. The number of nitrogens with zero attached hydrogens (tertiary/aromatic N) is 1. The number of carbonyl (C=O) groups excluding carboxylic acids is 1. The molecule has 154 valence electrons. The molecule has 1 atom stereocenters. The first-order chi connectivity index (χ1) is 15.2. The van der Waals surface area contributed by atoms with E-state index in [1.807, 2.05) is 12.1 Å². The van der Waals surface area contributed by atoms with E-state index in [-0.39, 0.29) is 12.1 Å². The highest BCUT2D eigenvalue weighted by Crippen LogP contribution is 2.41. The molecule has 1 aromatic heterocycles. The predicted octanol–water partition coefficient (Wildman–Crippen LogP) is 5.31. The summed E-state index contributed by atoms with van der Waals surface area (Å²) in [5.41, 5.74) is 4.50. The topological polar surface area (TPSA) is 44.4 Å². The standard InChI is InChI=1S/C26H23N3OS/c30-25-23-21-12-13-29(15-17-6-2-1-3-7-17)16-22(21)31-26(23)28-24(27-25)20-11-10-18-8-4-5-9-19(18)14-20/h1-11,14,24,28H,12-13,15-16H2,(H,27,30)/t24-/m1/s1. The van der Waals surface area contributed by atoms with Crippen molar-refractivity contribution in [3.05, 3.63) is 99.9 Å². The lowest BCUT2D eigenvalue weighted by molar-refractivity contribution is 0.0934. The first-order valence-electron chi connectivity index (χ1n) is 10.7. The molecule has 1 amide bonds. The highest BCUT2D eigenvalue weighted by Gasteiger charge is 2.33. The highest BCUT2D eigenvalue weighted by molar-refractivity contribution is 7.16. The third kappa shape index (κ3) is 3.40. The minimum atomic E-state index is -0.204. The van der Waals surface area contributed by atoms with Gasteiger partial charge in [0, 0.05) is 24.5 Å². The minimum absolute atomic E-state index is 0.0425. The number of hydrogen-bond acceptors (Lipinski definition) is 4. The maximum Gasteiger partial charge on any atom is 0.256 e. The zero-order valence-corrected chi connectivity index (χ0v) is 17.9. The number of carbonyl (C=O) groups is 1. The minimum Gasteiger partial charge on any atom is -0.353 e. The second-order valence-electron chi connectivity index (χ2n) is 8.31. The third-order valence-corrected chi connectivity index (χ3v) is 7.42. The summed E-state index contributed by atoms with van der Waals surface area (Å²) in [5.74, 6) is 0.0425. The molecule has 2 N–H and O–H groups in total. The molecule has 0 unspecified atom stereocenters. The van der Waals surface area contributed by atoms with Crippen LogP contribution in [-0.2, 0) is 19.5 Å². The second-order valence-corrected chi connectivity index (χ2v) is 9.42. The van der Waals surface area contributed by atoms with Crippen molar-refractivity contribution in [2.45, 2.75) is 25.7 Å². The Kier molecular flexibility index (Phi) is 4.51. The second kappa shape index (κ2) is 7.52. The maximum absolute atomic E-state index is 13.1. The van der Waals surface area contributed by atoms with Crippen molar-refractivity contribution in [3.63, 3.8) is 0 Å². The van der Waals surface area contributed by atoms with Gasteiger partial charge in [0.1, 0.15) is 11.2 Å². The summed E-state index contributed by atoms with van der Waals surface area (Å²) >= 11 is 1.74. The maximum atomic E-state index is 13.1. The molecular weight excluding hydrogens is 402 g/mol. The molecule has 0 fully saturated rings. The van der Waals surface area contributed by atoms with Crippen LogP contribution in [0.15, 0.2) is 72.8 Å². The van der Waals surface area contributed by atoms with Gasteiger partial charge in [0.2, 0.25) is 0 Å². The molecule has 31 heavy (non-hydrogen) atoms. The quantitative estimate of drug-likeness (QED) is 0.467. The molecule has 0 aliphatic carbocycles. The molecule has 0 saturated heterocycles. The number of anilines is 1. The number of fused-ring (bicyclic) bond motifs is 4. The molecule has 4 aromatic rings. The molecular formula is C26H23N3OS. The van der Waals surface area contributed by atoms with Gasteiger partial charge in [0.25, 0.3) is 5.91 Å². The molecule has 0 saturated carbocycles. The summed E-state index contributed by atoms with van der Waals surface area (Å²) < 4.78 is 0. The average molecular weight is 426 g/mol. The van der Waals surface area contributed by atoms with Crippen LogP contribution in [0.4, 0.5) is 5.00 Å². The average Bonchev–Trinajstić information content (AvgIpc) is 3.17. The molecule has 0 radical (unpaired) electrons. The molecule has 4 nitrogen and oxygen atoms in total. The van der Waals surface area contributed by atoms with Gasteiger partial charge in [0.15, 0.2) is 0 Å². The van der Waals surface area contributed by atoms with E-state index in [4.69, 9.17) is 0 Å². The molecule has 6 rings (SSSR count). The van der Waals surface area contributed by atoms with Gasteiger partial charge in [-0.2, -0.15) is 0 Å². The van der Waals surface area contributed by atoms with Gasteiger partial charge < -0.3 is 10.6 Å². The number of amides is 1. The summed E-state index contributed by atoms with van der Waals surface area (Å²) in [7, 11) is 0. The van der Waals surface area contributed by atoms with E-state index in [9.17, 15) is 4.79 Å². The Hall–Kier alpha value is -3.15. The molecule has 3 heterocycles. The van der Waals surface area contributed by atoms with Crippen LogP contribution in [0, 0.1) is 0 Å². The molecule has 2 aliphatic rings. The first kappa shape index (κ1) is 18.6. The van der Waals surface area contributed by atoms with Gasteiger partial charge in [-0.3, -0.25) is 9.69 Å². The Morgan fingerprint density at radius 2 is 1.74 bits per heavy atom. The van der Waals surface area contributed by atoms with Crippen molar-refractivity contribution in [1.82, 2.24) is 10.2 Å². The van der Waals surface area contributed by atoms with E-state index in [1.165, 1.54) is 26.8 Å². The summed E-state index contributed by atoms with van der Waals surface area (Å²) in [6.07, 6.45) is 0.717. The van der Waals surface area contributed by atoms with Crippen LogP contribution < -0.4 is 10.6 Å². The van der Waals surface area contributed by atoms with Crippen molar-refractivity contribution in [2.75, 3.05) is 11.9 Å². The summed E-state index contributed by atoms with van der Waals surface area (Å²) in [6.45, 7) is 2.83. The largest absolute Gasteiger partial charge is 0.353 e. The van der Waals surface area contributed by atoms with Crippen LogP contribution >= 0.6 is 11.3 Å². The molecule has 5 heteroatoms. The van der Waals surface area contributed by atoms with Crippen molar-refractivity contribution < 1.29 is 4.79 Å². The molecule has 0 spiro atoms. The van der Waals surface area contributed by atoms with Crippen LogP contribution in [0.5, 0.6) is 0 Å². The van der Waals surface area contributed by atoms with E-state index >= 15 is 0 Å². The fraction of sp³-hybridized carbons (Fsp3) is 0.192. The van der Waals surface area contributed by atoms with Crippen LogP contribution in [0.25, 0.3) is 10.8 Å². The third-order valence-electron chi connectivity index (χ3n) is 6.27. The van der Waals surface area contributed by atoms with Crippen molar-refractivity contribution in [2.24, 2.45) is 0 Å². The molecule has 0 bridgehead atoms. The van der Waals surface area contributed by atoms with Gasteiger partial charge >= 0.3 is 0 Å². The van der Waals surface area contributed by atoms with Crippen LogP contribution in [0.3, 0.4) is 0 Å². The van der Waals surface area contributed by atoms with E-state index in [1.54, 1.807) is 11.3 Å². The van der Waals surface area contributed by atoms with Gasteiger partial charge in [0.05, 0.1) is 5.56 Å². The fourth-order valence-corrected chi connectivity index (χ4v) is 6.01. The van der Waals surface area contributed by atoms with E-state index < -0.39 is 0 Å². The van der Waals surface area contributed by atoms with E-state index in [0.29, 0.717) is 0 Å². The van der Waals surface area contributed by atoms with Gasteiger partial charge in [-0.25, -0.2) is 0 Å². The van der Waals surface area contributed by atoms with Crippen molar-refractivity contribution in [3.8, 4) is 0 Å². The fourth-order valence-electron chi connectivity index (χ4n) is 4.70. The predicted molar refractivity (Wildman–Crippen MR) is 126 cm³/mol. The Bertz CT molecular complexity index is 1280. The summed E-state index contributed by atoms with van der Waals surface area (Å²) in [4.78, 5) is 16.9. The van der Waals surface area contributed by atoms with Gasteiger partial charge in [-0.1, -0.05) is 66.7 Å². The van der Waals surface area contributed by atoms with E-state index in [0.717, 1.165) is 42.2 Å². The van der Waals surface area contributed by atoms with E-state index in [2.05, 4.69) is 76.2 Å².